The third-order valence-electron chi connectivity index (χ3n) is 3.22. The van der Waals surface area contributed by atoms with Crippen molar-refractivity contribution in [3.05, 3.63) is 35.4 Å². The Hall–Kier alpha value is -0.670. The molecule has 0 aliphatic rings. The minimum atomic E-state index is -1.03. The molecular formula is C16H27NOS. The molecule has 0 radical (unpaired) electrons. The largest absolute Gasteiger partial charge is 0.242 e. The van der Waals surface area contributed by atoms with Crippen LogP contribution in [-0.2, 0) is 11.0 Å². The lowest BCUT2D eigenvalue weighted by Crippen LogP contribution is -2.35. The Labute approximate surface area is 120 Å². The van der Waals surface area contributed by atoms with Crippen molar-refractivity contribution in [3.63, 3.8) is 0 Å². The molecule has 1 rings (SSSR count). The summed E-state index contributed by atoms with van der Waals surface area (Å²) in [6.45, 7) is 12.5. The van der Waals surface area contributed by atoms with Crippen molar-refractivity contribution in [2.24, 2.45) is 0 Å². The highest BCUT2D eigenvalue weighted by atomic mass is 32.2. The van der Waals surface area contributed by atoms with Crippen LogP contribution in [-0.4, -0.2) is 8.96 Å². The van der Waals surface area contributed by atoms with Crippen LogP contribution >= 0.6 is 0 Å². The van der Waals surface area contributed by atoms with E-state index in [1.54, 1.807) is 0 Å². The Morgan fingerprint density at radius 3 is 1.95 bits per heavy atom. The van der Waals surface area contributed by atoms with Crippen LogP contribution < -0.4 is 4.72 Å². The highest BCUT2D eigenvalue weighted by Crippen LogP contribution is 2.22. The van der Waals surface area contributed by atoms with E-state index in [1.807, 2.05) is 20.8 Å². The Kier molecular flexibility index (Phi) is 5.75. The fourth-order valence-electron chi connectivity index (χ4n) is 1.81. The Bertz CT molecular complexity index is 417. The number of hydrogen-bond acceptors (Lipinski definition) is 1. The highest BCUT2D eigenvalue weighted by Gasteiger charge is 2.22. The SMILES string of the molecule is CC[C@H](NS(=O)C(C)(C)C)c1ccc(C(C)C)cc1. The number of hydrogen-bond donors (Lipinski definition) is 1. The molecular weight excluding hydrogens is 254 g/mol. The summed E-state index contributed by atoms with van der Waals surface area (Å²) < 4.78 is 15.2. The van der Waals surface area contributed by atoms with Crippen LogP contribution in [0.1, 0.15) is 71.0 Å². The van der Waals surface area contributed by atoms with Gasteiger partial charge in [-0.15, -0.1) is 0 Å². The molecule has 19 heavy (non-hydrogen) atoms. The highest BCUT2D eigenvalue weighted by molar-refractivity contribution is 7.84. The maximum absolute atomic E-state index is 12.2. The third kappa shape index (κ3) is 4.73. The Morgan fingerprint density at radius 1 is 1.11 bits per heavy atom. The minimum Gasteiger partial charge on any atom is -0.242 e. The first kappa shape index (κ1) is 16.4. The van der Waals surface area contributed by atoms with Gasteiger partial charge in [0.2, 0.25) is 0 Å². The molecule has 0 fully saturated rings. The van der Waals surface area contributed by atoms with E-state index in [4.69, 9.17) is 0 Å². The van der Waals surface area contributed by atoms with Crippen molar-refractivity contribution in [1.29, 1.82) is 0 Å². The molecule has 0 aliphatic carbocycles. The third-order valence-corrected chi connectivity index (χ3v) is 4.83. The van der Waals surface area contributed by atoms with Gasteiger partial charge in [-0.3, -0.25) is 0 Å². The van der Waals surface area contributed by atoms with Crippen LogP contribution in [0.3, 0.4) is 0 Å². The summed E-state index contributed by atoms with van der Waals surface area (Å²) in [5.41, 5.74) is 2.56. The standard InChI is InChI=1S/C16H27NOS/c1-7-15(17-19(18)16(4,5)6)14-10-8-13(9-11-14)12(2)3/h8-12,15,17H,7H2,1-6H3/t15-,19?/m0/s1. The first-order valence-corrected chi connectivity index (χ1v) is 8.18. The van der Waals surface area contributed by atoms with E-state index < -0.39 is 11.0 Å². The van der Waals surface area contributed by atoms with E-state index in [-0.39, 0.29) is 10.8 Å². The number of nitrogens with one attached hydrogen (secondary N) is 1. The Balaban J connectivity index is 2.83. The summed E-state index contributed by atoms with van der Waals surface area (Å²) in [6.07, 6.45) is 0.933. The van der Waals surface area contributed by atoms with Gasteiger partial charge in [0.05, 0.1) is 15.7 Å². The first-order valence-electron chi connectivity index (χ1n) is 7.03. The zero-order chi connectivity index (χ0) is 14.6. The van der Waals surface area contributed by atoms with E-state index in [0.29, 0.717) is 5.92 Å². The van der Waals surface area contributed by atoms with Gasteiger partial charge in [-0.2, -0.15) is 0 Å². The fraction of sp³-hybridized carbons (Fsp3) is 0.625. The van der Waals surface area contributed by atoms with Crippen molar-refractivity contribution >= 4 is 11.0 Å². The molecule has 108 valence electrons. The zero-order valence-electron chi connectivity index (χ0n) is 13.0. The topological polar surface area (TPSA) is 29.1 Å². The molecule has 0 aromatic heterocycles. The van der Waals surface area contributed by atoms with Gasteiger partial charge in [-0.1, -0.05) is 45.0 Å². The zero-order valence-corrected chi connectivity index (χ0v) is 13.8. The summed E-state index contributed by atoms with van der Waals surface area (Å²) >= 11 is 0. The molecule has 0 heterocycles. The van der Waals surface area contributed by atoms with Crippen LogP contribution in [0.2, 0.25) is 0 Å². The van der Waals surface area contributed by atoms with E-state index in [9.17, 15) is 4.21 Å². The maximum atomic E-state index is 12.2. The molecule has 0 saturated carbocycles. The summed E-state index contributed by atoms with van der Waals surface area (Å²) in [7, 11) is -1.03. The average molecular weight is 281 g/mol. The molecule has 0 amide bonds. The number of rotatable bonds is 5. The predicted octanol–water partition coefficient (Wildman–Crippen LogP) is 4.31. The second-order valence-corrected chi connectivity index (χ2v) is 8.28. The van der Waals surface area contributed by atoms with Crippen molar-refractivity contribution in [3.8, 4) is 0 Å². The molecule has 1 aromatic carbocycles. The lowest BCUT2D eigenvalue weighted by molar-refractivity contribution is 0.589. The molecule has 3 heteroatoms. The van der Waals surface area contributed by atoms with E-state index in [1.165, 1.54) is 11.1 Å². The van der Waals surface area contributed by atoms with Gasteiger partial charge in [0.15, 0.2) is 0 Å². The van der Waals surface area contributed by atoms with Gasteiger partial charge in [0, 0.05) is 6.04 Å². The average Bonchev–Trinajstić information content (AvgIpc) is 2.34. The van der Waals surface area contributed by atoms with Crippen molar-refractivity contribution in [1.82, 2.24) is 4.72 Å². The normalized spacial score (nSPS) is 15.5. The monoisotopic (exact) mass is 281 g/mol. The summed E-state index contributed by atoms with van der Waals surface area (Å²) in [5, 5.41) is 0. The van der Waals surface area contributed by atoms with E-state index in [0.717, 1.165) is 6.42 Å². The second kappa shape index (κ2) is 6.67. The molecule has 2 atom stereocenters. The molecule has 0 spiro atoms. The molecule has 0 saturated heterocycles. The van der Waals surface area contributed by atoms with Crippen molar-refractivity contribution in [2.75, 3.05) is 0 Å². The van der Waals surface area contributed by atoms with E-state index in [2.05, 4.69) is 49.8 Å². The van der Waals surface area contributed by atoms with Crippen LogP contribution in [0.25, 0.3) is 0 Å². The second-order valence-electron chi connectivity index (χ2n) is 6.28. The summed E-state index contributed by atoms with van der Waals surface area (Å²) in [4.78, 5) is 0. The van der Waals surface area contributed by atoms with Gasteiger partial charge in [-0.25, -0.2) is 8.93 Å². The number of benzene rings is 1. The molecule has 2 nitrogen and oxygen atoms in total. The lowest BCUT2D eigenvalue weighted by Gasteiger charge is -2.24. The molecule has 1 aromatic rings. The summed E-state index contributed by atoms with van der Waals surface area (Å²) in [6, 6.07) is 8.79. The van der Waals surface area contributed by atoms with Gasteiger partial charge in [-0.05, 0) is 44.2 Å². The van der Waals surface area contributed by atoms with Crippen LogP contribution in [0, 0.1) is 0 Å². The molecule has 0 bridgehead atoms. The van der Waals surface area contributed by atoms with E-state index >= 15 is 0 Å². The fourth-order valence-corrected chi connectivity index (χ4v) is 2.72. The van der Waals surface area contributed by atoms with Gasteiger partial charge in [0.25, 0.3) is 0 Å². The Morgan fingerprint density at radius 2 is 1.58 bits per heavy atom. The molecule has 1 unspecified atom stereocenters. The van der Waals surface area contributed by atoms with Crippen molar-refractivity contribution in [2.45, 2.75) is 64.7 Å². The lowest BCUT2D eigenvalue weighted by atomic mass is 9.98. The molecule has 0 aliphatic heterocycles. The smallest absolute Gasteiger partial charge is 0.0975 e. The molecule has 1 N–H and O–H groups in total. The summed E-state index contributed by atoms with van der Waals surface area (Å²) in [5.74, 6) is 0.547. The van der Waals surface area contributed by atoms with Crippen LogP contribution in [0.5, 0.6) is 0 Å². The van der Waals surface area contributed by atoms with Gasteiger partial charge < -0.3 is 0 Å². The van der Waals surface area contributed by atoms with Gasteiger partial charge >= 0.3 is 0 Å². The first-order chi connectivity index (χ1) is 8.75. The quantitative estimate of drug-likeness (QED) is 0.856. The van der Waals surface area contributed by atoms with Crippen LogP contribution in [0.15, 0.2) is 24.3 Å². The van der Waals surface area contributed by atoms with Gasteiger partial charge in [0.1, 0.15) is 0 Å². The van der Waals surface area contributed by atoms with Crippen molar-refractivity contribution < 1.29 is 4.21 Å². The minimum absolute atomic E-state index is 0.154. The maximum Gasteiger partial charge on any atom is 0.0975 e. The van der Waals surface area contributed by atoms with Crippen LogP contribution in [0.4, 0.5) is 0 Å². The predicted molar refractivity (Wildman–Crippen MR) is 84.6 cm³/mol.